The van der Waals surface area contributed by atoms with Crippen LogP contribution < -0.4 is 4.74 Å². The molecule has 0 saturated carbocycles. The maximum absolute atomic E-state index is 11.6. The standard InChI is InChI=1S/C9H12FNO2/c10-3-6-12-7-8-13-9-1-4-11-5-2-9/h1-2,4-5H,3,6-8H2. The third-order valence-electron chi connectivity index (χ3n) is 1.37. The number of hydrogen-bond acceptors (Lipinski definition) is 3. The van der Waals surface area contributed by atoms with Crippen LogP contribution in [0.15, 0.2) is 24.5 Å². The Labute approximate surface area is 76.5 Å². The van der Waals surface area contributed by atoms with Gasteiger partial charge in [0, 0.05) is 12.4 Å². The van der Waals surface area contributed by atoms with Crippen molar-refractivity contribution < 1.29 is 13.9 Å². The van der Waals surface area contributed by atoms with E-state index in [9.17, 15) is 4.39 Å². The summed E-state index contributed by atoms with van der Waals surface area (Å²) < 4.78 is 21.7. The zero-order valence-corrected chi connectivity index (χ0v) is 7.28. The molecule has 3 nitrogen and oxygen atoms in total. The summed E-state index contributed by atoms with van der Waals surface area (Å²) in [5.41, 5.74) is 0. The molecule has 0 aromatic carbocycles. The van der Waals surface area contributed by atoms with Gasteiger partial charge in [-0.3, -0.25) is 4.98 Å². The molecule has 1 aromatic heterocycles. The molecule has 0 radical (unpaired) electrons. The summed E-state index contributed by atoms with van der Waals surface area (Å²) in [4.78, 5) is 3.84. The SMILES string of the molecule is FCCOCCOc1ccncc1. The van der Waals surface area contributed by atoms with Gasteiger partial charge in [0.25, 0.3) is 0 Å². The van der Waals surface area contributed by atoms with Gasteiger partial charge in [0.05, 0.1) is 13.2 Å². The first-order valence-electron chi connectivity index (χ1n) is 4.10. The molecule has 0 N–H and O–H groups in total. The highest BCUT2D eigenvalue weighted by molar-refractivity contribution is 5.16. The van der Waals surface area contributed by atoms with Crippen molar-refractivity contribution in [2.24, 2.45) is 0 Å². The average molecular weight is 185 g/mol. The van der Waals surface area contributed by atoms with Gasteiger partial charge in [0.1, 0.15) is 19.0 Å². The lowest BCUT2D eigenvalue weighted by atomic mass is 10.4. The van der Waals surface area contributed by atoms with E-state index >= 15 is 0 Å². The smallest absolute Gasteiger partial charge is 0.122 e. The molecule has 13 heavy (non-hydrogen) atoms. The number of nitrogens with zero attached hydrogens (tertiary/aromatic N) is 1. The van der Waals surface area contributed by atoms with E-state index in [1.165, 1.54) is 0 Å². The van der Waals surface area contributed by atoms with Crippen molar-refractivity contribution in [1.82, 2.24) is 4.98 Å². The molecule has 0 unspecified atom stereocenters. The highest BCUT2D eigenvalue weighted by Gasteiger charge is 1.91. The molecule has 1 aromatic rings. The minimum Gasteiger partial charge on any atom is -0.491 e. The predicted molar refractivity (Wildman–Crippen MR) is 46.5 cm³/mol. The van der Waals surface area contributed by atoms with Crippen LogP contribution in [0.3, 0.4) is 0 Å². The summed E-state index contributed by atoms with van der Waals surface area (Å²) in [5.74, 6) is 0.749. The number of alkyl halides is 1. The van der Waals surface area contributed by atoms with E-state index in [0.29, 0.717) is 13.2 Å². The van der Waals surface area contributed by atoms with Crippen molar-refractivity contribution in [2.45, 2.75) is 0 Å². The van der Waals surface area contributed by atoms with Crippen molar-refractivity contribution in [3.63, 3.8) is 0 Å². The second-order valence-electron chi connectivity index (χ2n) is 2.33. The van der Waals surface area contributed by atoms with Gasteiger partial charge in [-0.2, -0.15) is 0 Å². The summed E-state index contributed by atoms with van der Waals surface area (Å²) in [6.45, 7) is 0.533. The number of halogens is 1. The second kappa shape index (κ2) is 6.37. The number of rotatable bonds is 6. The first-order chi connectivity index (χ1) is 6.43. The van der Waals surface area contributed by atoms with Crippen LogP contribution in [0, 0.1) is 0 Å². The zero-order chi connectivity index (χ0) is 9.36. The van der Waals surface area contributed by atoms with Crippen LogP contribution in [0.1, 0.15) is 0 Å². The molecule has 0 aliphatic heterocycles. The van der Waals surface area contributed by atoms with Crippen molar-refractivity contribution >= 4 is 0 Å². The largest absolute Gasteiger partial charge is 0.491 e. The normalized spacial score (nSPS) is 9.92. The first-order valence-corrected chi connectivity index (χ1v) is 4.10. The van der Waals surface area contributed by atoms with E-state index in [2.05, 4.69) is 4.98 Å². The van der Waals surface area contributed by atoms with Crippen LogP contribution in [0.4, 0.5) is 4.39 Å². The number of pyridine rings is 1. The molecule has 0 aliphatic carbocycles. The Morgan fingerprint density at radius 1 is 1.15 bits per heavy atom. The Balaban J connectivity index is 2.07. The molecule has 0 bridgehead atoms. The van der Waals surface area contributed by atoms with Crippen LogP contribution >= 0.6 is 0 Å². The average Bonchev–Trinajstić information content (AvgIpc) is 2.19. The fraction of sp³-hybridized carbons (Fsp3) is 0.444. The first kappa shape index (κ1) is 9.92. The van der Waals surface area contributed by atoms with Gasteiger partial charge in [0.15, 0.2) is 0 Å². The monoisotopic (exact) mass is 185 g/mol. The van der Waals surface area contributed by atoms with Gasteiger partial charge in [-0.1, -0.05) is 0 Å². The molecule has 0 aliphatic rings. The molecule has 0 amide bonds. The molecule has 0 spiro atoms. The summed E-state index contributed by atoms with van der Waals surface area (Å²) >= 11 is 0. The molecule has 1 rings (SSSR count). The van der Waals surface area contributed by atoms with Crippen molar-refractivity contribution in [1.29, 1.82) is 0 Å². The van der Waals surface area contributed by atoms with Crippen molar-refractivity contribution in [3.05, 3.63) is 24.5 Å². The van der Waals surface area contributed by atoms with Gasteiger partial charge < -0.3 is 9.47 Å². The number of hydrogen-bond donors (Lipinski definition) is 0. The van der Waals surface area contributed by atoms with Gasteiger partial charge in [0.2, 0.25) is 0 Å². The Bertz CT molecular complexity index is 218. The van der Waals surface area contributed by atoms with Crippen LogP contribution in [0.25, 0.3) is 0 Å². The maximum Gasteiger partial charge on any atom is 0.122 e. The summed E-state index contributed by atoms with van der Waals surface area (Å²) in [5, 5.41) is 0. The van der Waals surface area contributed by atoms with Gasteiger partial charge >= 0.3 is 0 Å². The van der Waals surface area contributed by atoms with Crippen molar-refractivity contribution in [2.75, 3.05) is 26.5 Å². The lowest BCUT2D eigenvalue weighted by Gasteiger charge is -2.04. The summed E-state index contributed by atoms with van der Waals surface area (Å²) in [6.07, 6.45) is 3.30. The lowest BCUT2D eigenvalue weighted by molar-refractivity contribution is 0.0897. The highest BCUT2D eigenvalue weighted by atomic mass is 19.1. The Kier molecular flexibility index (Phi) is 4.86. The van der Waals surface area contributed by atoms with Crippen LogP contribution in [-0.4, -0.2) is 31.5 Å². The van der Waals surface area contributed by atoms with Crippen LogP contribution in [-0.2, 0) is 4.74 Å². The predicted octanol–water partition coefficient (Wildman–Crippen LogP) is 1.45. The lowest BCUT2D eigenvalue weighted by Crippen LogP contribution is -2.08. The van der Waals surface area contributed by atoms with Crippen LogP contribution in [0.5, 0.6) is 5.75 Å². The summed E-state index contributed by atoms with van der Waals surface area (Å²) in [6, 6.07) is 3.52. The third kappa shape index (κ3) is 4.42. The van der Waals surface area contributed by atoms with Gasteiger partial charge in [-0.25, -0.2) is 4.39 Å². The molecule has 0 atom stereocenters. The number of ether oxygens (including phenoxy) is 2. The minimum absolute atomic E-state index is 0.139. The third-order valence-corrected chi connectivity index (χ3v) is 1.37. The fourth-order valence-corrected chi connectivity index (χ4v) is 0.810. The van der Waals surface area contributed by atoms with E-state index in [1.54, 1.807) is 24.5 Å². The fourth-order valence-electron chi connectivity index (χ4n) is 0.810. The van der Waals surface area contributed by atoms with Gasteiger partial charge in [-0.15, -0.1) is 0 Å². The topological polar surface area (TPSA) is 31.4 Å². The van der Waals surface area contributed by atoms with Crippen LogP contribution in [0.2, 0.25) is 0 Å². The van der Waals surface area contributed by atoms with E-state index < -0.39 is 6.67 Å². The van der Waals surface area contributed by atoms with Crippen molar-refractivity contribution in [3.8, 4) is 5.75 Å². The highest BCUT2D eigenvalue weighted by Crippen LogP contribution is 2.05. The molecular formula is C9H12FNO2. The Morgan fingerprint density at radius 2 is 1.92 bits per heavy atom. The zero-order valence-electron chi connectivity index (χ0n) is 7.28. The molecule has 0 saturated heterocycles. The minimum atomic E-state index is -0.449. The Morgan fingerprint density at radius 3 is 2.62 bits per heavy atom. The molecular weight excluding hydrogens is 173 g/mol. The molecule has 1 heterocycles. The summed E-state index contributed by atoms with van der Waals surface area (Å²) in [7, 11) is 0. The van der Waals surface area contributed by atoms with Gasteiger partial charge in [-0.05, 0) is 12.1 Å². The maximum atomic E-state index is 11.6. The van der Waals surface area contributed by atoms with E-state index in [0.717, 1.165) is 5.75 Å². The molecule has 0 fully saturated rings. The molecule has 72 valence electrons. The molecule has 4 heteroatoms. The quantitative estimate of drug-likeness (QED) is 0.628. The van der Waals surface area contributed by atoms with E-state index in [1.807, 2.05) is 0 Å². The van der Waals surface area contributed by atoms with E-state index in [4.69, 9.17) is 9.47 Å². The van der Waals surface area contributed by atoms with E-state index in [-0.39, 0.29) is 6.61 Å². The second-order valence-corrected chi connectivity index (χ2v) is 2.33. The Hall–Kier alpha value is -1.16. The number of aromatic nitrogens is 1.